The van der Waals surface area contributed by atoms with Gasteiger partial charge in [0.05, 0.1) is 11.1 Å². The van der Waals surface area contributed by atoms with Gasteiger partial charge in [-0.25, -0.2) is 4.79 Å². The van der Waals surface area contributed by atoms with E-state index in [4.69, 9.17) is 0 Å². The molecule has 0 aliphatic carbocycles. The fourth-order valence-corrected chi connectivity index (χ4v) is 2.90. The van der Waals surface area contributed by atoms with Crippen molar-refractivity contribution in [2.75, 3.05) is 22.9 Å². The summed E-state index contributed by atoms with van der Waals surface area (Å²) in [5.74, 6) is 0. The summed E-state index contributed by atoms with van der Waals surface area (Å²) in [6, 6.07) is 7.93. The molecule has 1 heterocycles. The summed E-state index contributed by atoms with van der Waals surface area (Å²) in [6.45, 7) is 0.352. The van der Waals surface area contributed by atoms with Crippen LogP contribution in [0.1, 0.15) is 17.5 Å². The molecule has 1 fully saturated rings. The highest BCUT2D eigenvalue weighted by Gasteiger charge is 2.34. The van der Waals surface area contributed by atoms with E-state index in [0.29, 0.717) is 6.42 Å². The quantitative estimate of drug-likeness (QED) is 0.618. The van der Waals surface area contributed by atoms with Crippen LogP contribution >= 0.6 is 0 Å². The van der Waals surface area contributed by atoms with Gasteiger partial charge in [-0.2, -0.15) is 26.3 Å². The van der Waals surface area contributed by atoms with Gasteiger partial charge in [0.1, 0.15) is 0 Å². The highest BCUT2D eigenvalue weighted by Crippen LogP contribution is 2.35. The maximum absolute atomic E-state index is 12.9. The van der Waals surface area contributed by atoms with Crippen LogP contribution in [0.4, 0.5) is 42.5 Å². The SMILES string of the molecule is O=C1N(c2cccc(C(F)(F)F)c2)CCCN1c1cccc(C(F)(F)F)c1. The Balaban J connectivity index is 1.91. The molecule has 144 valence electrons. The zero-order valence-corrected chi connectivity index (χ0v) is 13.8. The fraction of sp³-hybridized carbons (Fsp3) is 0.278. The van der Waals surface area contributed by atoms with Crippen LogP contribution in [0.15, 0.2) is 48.5 Å². The molecule has 0 N–H and O–H groups in total. The molecule has 0 aromatic heterocycles. The first-order valence-electron chi connectivity index (χ1n) is 8.01. The van der Waals surface area contributed by atoms with Crippen molar-refractivity contribution in [2.24, 2.45) is 0 Å². The maximum atomic E-state index is 12.9. The normalized spacial score (nSPS) is 16.0. The van der Waals surface area contributed by atoms with Gasteiger partial charge in [0.2, 0.25) is 0 Å². The third kappa shape index (κ3) is 4.01. The number of hydrogen-bond donors (Lipinski definition) is 0. The molecule has 3 nitrogen and oxygen atoms in total. The van der Waals surface area contributed by atoms with Gasteiger partial charge in [0, 0.05) is 24.5 Å². The Kier molecular flexibility index (Phi) is 4.79. The van der Waals surface area contributed by atoms with Crippen LogP contribution in [0.25, 0.3) is 0 Å². The Hall–Kier alpha value is -2.71. The van der Waals surface area contributed by atoms with Crippen LogP contribution in [-0.4, -0.2) is 19.1 Å². The molecule has 0 spiro atoms. The van der Waals surface area contributed by atoms with Gasteiger partial charge in [-0.3, -0.25) is 9.80 Å². The van der Waals surface area contributed by atoms with Crippen molar-refractivity contribution in [3.05, 3.63) is 59.7 Å². The van der Waals surface area contributed by atoms with Crippen LogP contribution < -0.4 is 9.80 Å². The van der Waals surface area contributed by atoms with Gasteiger partial charge in [-0.1, -0.05) is 12.1 Å². The minimum atomic E-state index is -4.56. The van der Waals surface area contributed by atoms with E-state index in [0.717, 1.165) is 34.1 Å². The van der Waals surface area contributed by atoms with Crippen molar-refractivity contribution in [1.29, 1.82) is 0 Å². The summed E-state index contributed by atoms with van der Waals surface area (Å²) in [5.41, 5.74) is -1.70. The number of urea groups is 1. The van der Waals surface area contributed by atoms with E-state index in [-0.39, 0.29) is 24.5 Å². The largest absolute Gasteiger partial charge is 0.416 e. The lowest BCUT2D eigenvalue weighted by molar-refractivity contribution is -0.138. The Morgan fingerprint density at radius 1 is 0.704 bits per heavy atom. The molecule has 9 heteroatoms. The van der Waals surface area contributed by atoms with E-state index in [2.05, 4.69) is 0 Å². The molecule has 0 bridgehead atoms. The number of hydrogen-bond acceptors (Lipinski definition) is 1. The Labute approximate surface area is 150 Å². The predicted octanol–water partition coefficient (Wildman–Crippen LogP) is 5.56. The van der Waals surface area contributed by atoms with Crippen molar-refractivity contribution in [1.82, 2.24) is 0 Å². The number of benzene rings is 2. The molecule has 3 rings (SSSR count). The summed E-state index contributed by atoms with van der Waals surface area (Å²) in [7, 11) is 0. The summed E-state index contributed by atoms with van der Waals surface area (Å²) in [5, 5.41) is 0. The van der Waals surface area contributed by atoms with Gasteiger partial charge in [-0.05, 0) is 42.8 Å². The molecule has 2 aromatic carbocycles. The molecular formula is C18H14F6N2O. The van der Waals surface area contributed by atoms with Crippen molar-refractivity contribution in [2.45, 2.75) is 18.8 Å². The van der Waals surface area contributed by atoms with Gasteiger partial charge >= 0.3 is 18.4 Å². The zero-order valence-electron chi connectivity index (χ0n) is 13.8. The van der Waals surface area contributed by atoms with E-state index in [1.807, 2.05) is 0 Å². The van der Waals surface area contributed by atoms with Crippen molar-refractivity contribution < 1.29 is 31.1 Å². The van der Waals surface area contributed by atoms with Gasteiger partial charge < -0.3 is 0 Å². The van der Waals surface area contributed by atoms with Crippen LogP contribution in [0.5, 0.6) is 0 Å². The topological polar surface area (TPSA) is 23.6 Å². The summed E-state index contributed by atoms with van der Waals surface area (Å²) in [4.78, 5) is 15.0. The maximum Gasteiger partial charge on any atom is 0.416 e. The summed E-state index contributed by atoms with van der Waals surface area (Å²) < 4.78 is 77.5. The first-order chi connectivity index (χ1) is 12.6. The van der Waals surface area contributed by atoms with Crippen molar-refractivity contribution >= 4 is 17.4 Å². The molecule has 1 aliphatic heterocycles. The second-order valence-electron chi connectivity index (χ2n) is 6.04. The van der Waals surface area contributed by atoms with Gasteiger partial charge in [0.15, 0.2) is 0 Å². The lowest BCUT2D eigenvalue weighted by Crippen LogP contribution is -2.49. The second kappa shape index (κ2) is 6.79. The van der Waals surface area contributed by atoms with Crippen LogP contribution in [-0.2, 0) is 12.4 Å². The van der Waals surface area contributed by atoms with E-state index < -0.39 is 29.5 Å². The third-order valence-corrected chi connectivity index (χ3v) is 4.20. The second-order valence-corrected chi connectivity index (χ2v) is 6.04. The summed E-state index contributed by atoms with van der Waals surface area (Å²) in [6.07, 6.45) is -8.72. The van der Waals surface area contributed by atoms with E-state index in [9.17, 15) is 31.1 Å². The minimum Gasteiger partial charge on any atom is -0.294 e. The molecule has 0 atom stereocenters. The standard InChI is InChI=1S/C18H14F6N2O/c19-17(20,21)12-4-1-6-14(10-12)25-8-3-9-26(16(25)27)15-7-2-5-13(11-15)18(22,23)24/h1-2,4-7,10-11H,3,8-9H2. The molecule has 0 unspecified atom stereocenters. The van der Waals surface area contributed by atoms with Crippen molar-refractivity contribution in [3.63, 3.8) is 0 Å². The number of alkyl halides is 6. The number of anilines is 2. The molecule has 2 aromatic rings. The summed E-state index contributed by atoms with van der Waals surface area (Å²) >= 11 is 0. The third-order valence-electron chi connectivity index (χ3n) is 4.20. The number of amides is 2. The molecule has 1 aliphatic rings. The van der Waals surface area contributed by atoms with Crippen LogP contribution in [0.3, 0.4) is 0 Å². The fourth-order valence-electron chi connectivity index (χ4n) is 2.90. The number of carbonyl (C=O) groups excluding carboxylic acids is 1. The molecule has 2 amide bonds. The predicted molar refractivity (Wildman–Crippen MR) is 87.6 cm³/mol. The zero-order chi connectivity index (χ0) is 19.8. The Morgan fingerprint density at radius 3 is 1.48 bits per heavy atom. The van der Waals surface area contributed by atoms with Crippen molar-refractivity contribution in [3.8, 4) is 0 Å². The Morgan fingerprint density at radius 2 is 1.11 bits per heavy atom. The number of nitrogens with zero attached hydrogens (tertiary/aromatic N) is 2. The molecule has 1 saturated heterocycles. The number of carbonyl (C=O) groups is 1. The van der Waals surface area contributed by atoms with E-state index in [1.54, 1.807) is 0 Å². The van der Waals surface area contributed by atoms with E-state index in [1.165, 1.54) is 24.3 Å². The first kappa shape index (κ1) is 19.1. The van der Waals surface area contributed by atoms with Gasteiger partial charge in [-0.15, -0.1) is 0 Å². The average molecular weight is 388 g/mol. The molecule has 0 radical (unpaired) electrons. The smallest absolute Gasteiger partial charge is 0.294 e. The number of halogens is 6. The van der Waals surface area contributed by atoms with Gasteiger partial charge in [0.25, 0.3) is 0 Å². The van der Waals surface area contributed by atoms with Crippen LogP contribution in [0.2, 0.25) is 0 Å². The minimum absolute atomic E-state index is 0.0477. The monoisotopic (exact) mass is 388 g/mol. The lowest BCUT2D eigenvalue weighted by Gasteiger charge is -2.36. The van der Waals surface area contributed by atoms with Crippen LogP contribution in [0, 0.1) is 0 Å². The first-order valence-corrected chi connectivity index (χ1v) is 8.01. The Bertz CT molecular complexity index is 779. The van der Waals surface area contributed by atoms with E-state index >= 15 is 0 Å². The molecular weight excluding hydrogens is 374 g/mol. The highest BCUT2D eigenvalue weighted by atomic mass is 19.4. The highest BCUT2D eigenvalue weighted by molar-refractivity contribution is 6.04. The number of rotatable bonds is 2. The average Bonchev–Trinajstić information content (AvgIpc) is 2.61. The molecule has 27 heavy (non-hydrogen) atoms. The lowest BCUT2D eigenvalue weighted by atomic mass is 10.1. The molecule has 0 saturated carbocycles.